The zero-order valence-corrected chi connectivity index (χ0v) is 80.6. The number of benzene rings is 5. The van der Waals surface area contributed by atoms with Crippen LogP contribution in [0, 0.1) is 39.3 Å². The first kappa shape index (κ1) is 115. The highest BCUT2D eigenvalue weighted by molar-refractivity contribution is 6.31. The van der Waals surface area contributed by atoms with Crippen molar-refractivity contribution in [3.05, 3.63) is 190 Å². The number of aromatic nitrogens is 10. The number of carbonyl (C=O) groups excluding carboxylic acids is 5. The molecule has 10 amide bonds. The quantitative estimate of drug-likeness (QED) is 0.0125. The van der Waals surface area contributed by atoms with E-state index in [2.05, 4.69) is 159 Å². The lowest BCUT2D eigenvalue weighted by Gasteiger charge is -2.13. The number of aryl methyl sites for hydroxylation is 4. The maximum Gasteiger partial charge on any atom is 0.573 e. The van der Waals surface area contributed by atoms with Crippen molar-refractivity contribution in [3.8, 4) is 17.2 Å². The molecule has 10 aromatic rings. The SMILES string of the molecule is C.CN(C)CCCNc1ccnc(NC(=O)Nc2ccc(OC(C)(F)F)cc2)n1.CN(C)CCCNc1nc(NC(=O)Nc2ccc(OC(C)(F)F)cc2)ncc1F.Cc1cc(NC(=O)Nc2ncc(F)c(NCCCN(C)C)n2)ccc1Cl.Cc1cc(NC(=O)Nc2nccc(NCCCN(C)C)n2)ccc1Cl.Cc1cc(NCCCN(C)C)nc(NC(=O)Nc2ccc(OC(F)(F)F)c(C)c2)n1. The van der Waals surface area contributed by atoms with Crippen molar-refractivity contribution < 1.29 is 77.7 Å². The molecule has 0 spiro atoms. The summed E-state index contributed by atoms with van der Waals surface area (Å²) in [4.78, 5) is 111. The zero-order valence-electron chi connectivity index (χ0n) is 79.1. The second-order valence-electron chi connectivity index (χ2n) is 31.7. The van der Waals surface area contributed by atoms with Crippen LogP contribution in [0.5, 0.6) is 17.2 Å². The van der Waals surface area contributed by atoms with E-state index in [1.54, 1.807) is 67.7 Å². The van der Waals surface area contributed by atoms with Gasteiger partial charge in [-0.15, -0.1) is 13.2 Å². The second kappa shape index (κ2) is 58.5. The maximum atomic E-state index is 13.8. The molecule has 0 aliphatic heterocycles. The van der Waals surface area contributed by atoms with Crippen LogP contribution in [0.15, 0.2) is 146 Å². The van der Waals surface area contributed by atoms with Gasteiger partial charge in [-0.3, -0.25) is 26.6 Å². The summed E-state index contributed by atoms with van der Waals surface area (Å²) >= 11 is 11.9. The van der Waals surface area contributed by atoms with E-state index >= 15 is 0 Å². The van der Waals surface area contributed by atoms with Gasteiger partial charge in [0.2, 0.25) is 29.7 Å². The molecule has 0 saturated heterocycles. The molecular weight excluding hydrogens is 1870 g/mol. The van der Waals surface area contributed by atoms with Crippen molar-refractivity contribution in [1.82, 2.24) is 74.3 Å². The third-order valence-electron chi connectivity index (χ3n) is 17.5. The predicted molar refractivity (Wildman–Crippen MR) is 529 cm³/mol. The summed E-state index contributed by atoms with van der Waals surface area (Å²) in [5.74, 6) is 0.696. The van der Waals surface area contributed by atoms with E-state index in [9.17, 15) is 63.5 Å². The Hall–Kier alpha value is -14.0. The fraction of sp³-hybridized carbons (Fsp3) is 0.389. The molecule has 38 nitrogen and oxygen atoms in total. The lowest BCUT2D eigenvalue weighted by atomic mass is 10.2. The number of carbonyl (C=O) groups is 5. The van der Waals surface area contributed by atoms with Crippen LogP contribution in [0.1, 0.15) is 75.8 Å². The topological polar surface area (TPSA) is 439 Å². The largest absolute Gasteiger partial charge is 0.573 e. The van der Waals surface area contributed by atoms with Gasteiger partial charge < -0.3 is 91.9 Å². The summed E-state index contributed by atoms with van der Waals surface area (Å²) in [6, 6.07) is 27.6. The Bertz CT molecular complexity index is 5490. The highest BCUT2D eigenvalue weighted by Gasteiger charge is 2.32. The van der Waals surface area contributed by atoms with Crippen molar-refractivity contribution >= 4 is 141 Å². The molecule has 5 heterocycles. The standard InChI is InChI=1S/C19H25F3N6O2.C18H23F3N6O2.C18H24F2N6O2.C17H22ClFN6O.C17H23ClN6O.CH4/c1-12-10-14(6-7-15(12)30-19(20,21)22)25-18(29)27-17-24-13(2)11-16(26-17)23-8-5-9-28(3)4;1-18(20,21)29-13-7-5-12(6-8-13)24-17(28)26-16-23-11-14(19)15(25-16)22-9-4-10-27(2)3;1-18(19,20)28-14-7-5-13(6-8-14)23-17(27)25-16-22-11-9-15(24-16)21-10-4-12-26(2)3;1-11-9-12(5-6-13(11)18)22-17(26)24-16-21-10-14(19)15(23-16)20-7-4-8-25(2)3;1-12-11-13(5-6-14(12)18)21-17(25)23-16-20-9-7-15(22-16)19-8-4-10-24(2)3;/h6-7,10-11H,5,8-9H2,1-4H3,(H3,23,24,25,26,27,29);5-8,11H,4,9-10H2,1-3H3,(H3,22,23,24,25,26,28);5-9,11H,4,10,12H2,1-3H3,(H3,21,22,23,24,25,27);5-6,9-10H,4,7-8H2,1-3H3,(H3,20,21,22,23,24,26);5-7,9,11H,4,8,10H2,1-3H3,(H3,19,20,21,22,23,25);1H4. The van der Waals surface area contributed by atoms with Gasteiger partial charge in [-0.25, -0.2) is 57.7 Å². The van der Waals surface area contributed by atoms with Crippen LogP contribution >= 0.6 is 23.2 Å². The number of anilines is 15. The minimum Gasteiger partial charge on any atom is -0.433 e. The number of ether oxygens (including phenoxy) is 3. The number of alkyl halides is 7. The average molecular weight is 1990 g/mol. The number of urea groups is 5. The number of hydrogen-bond donors (Lipinski definition) is 15. The summed E-state index contributed by atoms with van der Waals surface area (Å²) in [6.07, 6.45) is -1.77. The molecule has 0 fully saturated rings. The monoisotopic (exact) mass is 1990 g/mol. The number of amides is 10. The van der Waals surface area contributed by atoms with Gasteiger partial charge >= 0.3 is 48.7 Å². The van der Waals surface area contributed by atoms with Gasteiger partial charge in [0.15, 0.2) is 23.3 Å². The summed E-state index contributed by atoms with van der Waals surface area (Å²) in [5, 5.41) is 42.1. The van der Waals surface area contributed by atoms with E-state index in [0.717, 1.165) is 108 Å². The molecule has 139 heavy (non-hydrogen) atoms. The van der Waals surface area contributed by atoms with Gasteiger partial charge in [-0.1, -0.05) is 30.6 Å². The lowest BCUT2D eigenvalue weighted by Crippen LogP contribution is -2.22. The Labute approximate surface area is 811 Å². The predicted octanol–water partition coefficient (Wildman–Crippen LogP) is 18.8. The van der Waals surface area contributed by atoms with Crippen LogP contribution in [0.2, 0.25) is 10.0 Å². The summed E-state index contributed by atoms with van der Waals surface area (Å²) in [5.41, 5.74) is 4.88. The first-order valence-electron chi connectivity index (χ1n) is 42.8. The zero-order chi connectivity index (χ0) is 102. The molecule has 0 radical (unpaired) electrons. The number of hydrogen-bond acceptors (Lipinski definition) is 28. The highest BCUT2D eigenvalue weighted by Crippen LogP contribution is 2.31. The fourth-order valence-corrected chi connectivity index (χ4v) is 11.5. The van der Waals surface area contributed by atoms with Crippen molar-refractivity contribution in [2.24, 2.45) is 0 Å². The molecule has 0 unspecified atom stereocenters. The number of halogens is 11. The second-order valence-corrected chi connectivity index (χ2v) is 32.5. The Balaban J connectivity index is 0.000000306. The van der Waals surface area contributed by atoms with Gasteiger partial charge in [0.05, 0.1) is 12.4 Å². The molecule has 756 valence electrons. The van der Waals surface area contributed by atoms with Crippen LogP contribution < -0.4 is 94.0 Å². The van der Waals surface area contributed by atoms with Gasteiger partial charge in [0.25, 0.3) is 0 Å². The Kier molecular flexibility index (Phi) is 48.7. The summed E-state index contributed by atoms with van der Waals surface area (Å²) in [6.45, 7) is 16.1. The van der Waals surface area contributed by atoms with Crippen molar-refractivity contribution in [3.63, 3.8) is 0 Å². The smallest absolute Gasteiger partial charge is 0.433 e. The lowest BCUT2D eigenvalue weighted by molar-refractivity contribution is -0.274. The van der Waals surface area contributed by atoms with E-state index in [0.29, 0.717) is 95.1 Å². The number of nitrogens with one attached hydrogen (secondary N) is 15. The van der Waals surface area contributed by atoms with E-state index in [1.165, 1.54) is 73.8 Å². The minimum absolute atomic E-state index is 0. The van der Waals surface area contributed by atoms with Gasteiger partial charge in [-0.2, -0.15) is 42.5 Å². The number of nitrogens with zero attached hydrogens (tertiary/aromatic N) is 15. The molecule has 5 aromatic heterocycles. The molecular formula is C90H121Cl2F9N30O8. The van der Waals surface area contributed by atoms with Gasteiger partial charge in [0.1, 0.15) is 34.7 Å². The van der Waals surface area contributed by atoms with E-state index in [4.69, 9.17) is 23.2 Å². The minimum atomic E-state index is -4.78. The van der Waals surface area contributed by atoms with Gasteiger partial charge in [0, 0.05) is 109 Å². The molecule has 0 bridgehead atoms. The third-order valence-corrected chi connectivity index (χ3v) is 18.4. The van der Waals surface area contributed by atoms with Crippen LogP contribution in [-0.4, -0.2) is 259 Å². The van der Waals surface area contributed by atoms with E-state index in [-0.39, 0.29) is 71.6 Å². The van der Waals surface area contributed by atoms with Crippen molar-refractivity contribution in [1.29, 1.82) is 0 Å². The molecule has 10 rings (SSSR count). The Morgan fingerprint density at radius 2 is 0.633 bits per heavy atom. The van der Waals surface area contributed by atoms with E-state index in [1.807, 2.05) is 94.1 Å². The van der Waals surface area contributed by atoms with E-state index < -0.39 is 60.4 Å². The summed E-state index contributed by atoms with van der Waals surface area (Å²) < 4.78 is 129. The molecule has 5 aromatic carbocycles. The first-order chi connectivity index (χ1) is 65.1. The molecule has 0 atom stereocenters. The molecule has 49 heteroatoms. The normalized spacial score (nSPS) is 11.0. The first-order valence-corrected chi connectivity index (χ1v) is 43.5. The van der Waals surface area contributed by atoms with Gasteiger partial charge in [-0.05, 0) is 295 Å². The van der Waals surface area contributed by atoms with Crippen LogP contribution in [0.25, 0.3) is 0 Å². The molecule has 0 saturated carbocycles. The summed E-state index contributed by atoms with van der Waals surface area (Å²) in [7, 11) is 19.9. The van der Waals surface area contributed by atoms with Crippen LogP contribution in [-0.2, 0) is 0 Å². The molecule has 0 aliphatic carbocycles. The van der Waals surface area contributed by atoms with Crippen LogP contribution in [0.3, 0.4) is 0 Å². The fourth-order valence-electron chi connectivity index (χ4n) is 11.2. The molecule has 15 N–H and O–H groups in total. The Morgan fingerprint density at radius 1 is 0.338 bits per heavy atom. The van der Waals surface area contributed by atoms with Crippen LogP contribution in [0.4, 0.5) is 151 Å². The van der Waals surface area contributed by atoms with Crippen molar-refractivity contribution in [2.45, 2.75) is 99.7 Å². The third kappa shape index (κ3) is 49.5. The molecule has 0 aliphatic rings. The maximum absolute atomic E-state index is 13.8. The average Bonchev–Trinajstić information content (AvgIpc) is 0.835. The van der Waals surface area contributed by atoms with Crippen molar-refractivity contribution in [2.75, 3.05) is 216 Å². The number of rotatable bonds is 40. The highest BCUT2D eigenvalue weighted by atomic mass is 35.5. The Morgan fingerprint density at radius 3 is 0.957 bits per heavy atom.